The highest BCUT2D eigenvalue weighted by molar-refractivity contribution is 9.10. The molecule has 1 saturated heterocycles. The van der Waals surface area contributed by atoms with Crippen molar-refractivity contribution in [2.75, 3.05) is 0 Å². The maximum Gasteiger partial charge on any atom is 0.293 e. The molecule has 0 aromatic heterocycles. The van der Waals surface area contributed by atoms with Crippen LogP contribution in [-0.2, 0) is 11.3 Å². The Labute approximate surface area is 160 Å². The summed E-state index contributed by atoms with van der Waals surface area (Å²) in [6, 6.07) is 8.91. The Morgan fingerprint density at radius 3 is 2.76 bits per heavy atom. The molecular weight excluding hydrogens is 433 g/mol. The first kappa shape index (κ1) is 18.0. The third-order valence-corrected chi connectivity index (χ3v) is 5.28. The summed E-state index contributed by atoms with van der Waals surface area (Å²) in [5.74, 6) is -1.17. The summed E-state index contributed by atoms with van der Waals surface area (Å²) < 4.78 is 14.6. The Kier molecular flexibility index (Phi) is 5.17. The van der Waals surface area contributed by atoms with E-state index in [1.807, 2.05) is 0 Å². The molecule has 25 heavy (non-hydrogen) atoms. The van der Waals surface area contributed by atoms with Crippen LogP contribution in [-0.4, -0.2) is 21.2 Å². The van der Waals surface area contributed by atoms with E-state index < -0.39 is 17.0 Å². The Bertz CT molecular complexity index is 899. The molecule has 0 aliphatic carbocycles. The van der Waals surface area contributed by atoms with Gasteiger partial charge in [-0.15, -0.1) is 0 Å². The molecule has 3 rings (SSSR count). The Balaban J connectivity index is 1.90. The predicted octanol–water partition coefficient (Wildman–Crippen LogP) is 5.18. The number of amides is 2. The zero-order valence-corrected chi connectivity index (χ0v) is 15.7. The van der Waals surface area contributed by atoms with Gasteiger partial charge in [-0.25, -0.2) is 4.39 Å². The second-order valence-electron chi connectivity index (χ2n) is 5.17. The normalized spacial score (nSPS) is 16.1. The van der Waals surface area contributed by atoms with Gasteiger partial charge in [0.1, 0.15) is 11.6 Å². The molecule has 0 saturated carbocycles. The molecule has 1 heterocycles. The lowest BCUT2D eigenvalue weighted by molar-refractivity contribution is -0.123. The Hall–Kier alpha value is -1.83. The van der Waals surface area contributed by atoms with Crippen molar-refractivity contribution in [3.05, 3.63) is 67.7 Å². The van der Waals surface area contributed by atoms with Gasteiger partial charge in [0.05, 0.1) is 11.4 Å². The first-order valence-electron chi connectivity index (χ1n) is 7.03. The van der Waals surface area contributed by atoms with Gasteiger partial charge in [-0.1, -0.05) is 33.6 Å². The van der Waals surface area contributed by atoms with Gasteiger partial charge in [-0.05, 0) is 48.2 Å². The molecule has 2 aromatic carbocycles. The smallest absolute Gasteiger partial charge is 0.293 e. The van der Waals surface area contributed by atoms with Gasteiger partial charge in [0.15, 0.2) is 0 Å². The molecule has 0 atom stereocenters. The zero-order chi connectivity index (χ0) is 18.1. The summed E-state index contributed by atoms with van der Waals surface area (Å²) in [7, 11) is 0. The third-order valence-electron chi connectivity index (χ3n) is 3.53. The van der Waals surface area contributed by atoms with Gasteiger partial charge in [-0.3, -0.25) is 14.5 Å². The van der Waals surface area contributed by atoms with Crippen molar-refractivity contribution in [2.24, 2.45) is 0 Å². The molecular formula is C17H10BrClFNO3S. The number of phenolic OH excluding ortho intramolecular Hbond substituents is 1. The average Bonchev–Trinajstić information content (AvgIpc) is 2.81. The fourth-order valence-electron chi connectivity index (χ4n) is 2.26. The van der Waals surface area contributed by atoms with E-state index in [1.54, 1.807) is 12.1 Å². The van der Waals surface area contributed by atoms with Gasteiger partial charge in [0.25, 0.3) is 11.1 Å². The Morgan fingerprint density at radius 2 is 2.04 bits per heavy atom. The number of nitrogens with zero attached hydrogens (tertiary/aromatic N) is 1. The van der Waals surface area contributed by atoms with E-state index in [0.717, 1.165) is 16.7 Å². The van der Waals surface area contributed by atoms with Crippen molar-refractivity contribution >= 4 is 56.5 Å². The van der Waals surface area contributed by atoms with Crippen LogP contribution in [0.1, 0.15) is 11.1 Å². The number of hydrogen-bond donors (Lipinski definition) is 1. The molecule has 8 heteroatoms. The number of hydrogen-bond acceptors (Lipinski definition) is 4. The molecule has 1 aliphatic rings. The lowest BCUT2D eigenvalue weighted by atomic mass is 10.1. The van der Waals surface area contributed by atoms with Crippen LogP contribution in [0.2, 0.25) is 5.02 Å². The topological polar surface area (TPSA) is 57.6 Å². The van der Waals surface area contributed by atoms with Crippen LogP contribution in [0.5, 0.6) is 5.75 Å². The van der Waals surface area contributed by atoms with E-state index in [9.17, 15) is 19.1 Å². The van der Waals surface area contributed by atoms with Crippen molar-refractivity contribution in [3.8, 4) is 5.75 Å². The maximum atomic E-state index is 13.9. The fraction of sp³-hybridized carbons (Fsp3) is 0.0588. The van der Waals surface area contributed by atoms with E-state index in [1.165, 1.54) is 30.3 Å². The van der Waals surface area contributed by atoms with Gasteiger partial charge in [0.2, 0.25) is 0 Å². The van der Waals surface area contributed by atoms with E-state index >= 15 is 0 Å². The highest BCUT2D eigenvalue weighted by Crippen LogP contribution is 2.36. The number of halogens is 3. The summed E-state index contributed by atoms with van der Waals surface area (Å²) in [6.45, 7) is -0.252. The number of rotatable bonds is 3. The second kappa shape index (κ2) is 7.19. The summed E-state index contributed by atoms with van der Waals surface area (Å²) in [4.78, 5) is 25.7. The van der Waals surface area contributed by atoms with E-state index in [4.69, 9.17) is 11.6 Å². The monoisotopic (exact) mass is 441 g/mol. The molecule has 0 spiro atoms. The molecule has 2 amide bonds. The lowest BCUT2D eigenvalue weighted by Gasteiger charge is -2.14. The molecule has 2 aromatic rings. The predicted molar refractivity (Wildman–Crippen MR) is 98.7 cm³/mol. The molecule has 1 fully saturated rings. The molecule has 0 radical (unpaired) electrons. The van der Waals surface area contributed by atoms with Gasteiger partial charge >= 0.3 is 0 Å². The minimum atomic E-state index is -0.583. The van der Waals surface area contributed by atoms with Crippen molar-refractivity contribution < 1.29 is 19.1 Å². The summed E-state index contributed by atoms with van der Waals surface area (Å²) in [5, 5.41) is 9.49. The third kappa shape index (κ3) is 3.73. The largest absolute Gasteiger partial charge is 0.507 e. The van der Waals surface area contributed by atoms with E-state index in [-0.39, 0.29) is 27.8 Å². The SMILES string of the molecule is O=C1S/C(=C\c2cc(Br)ccc2O)C(=O)N1Cc1c(F)cccc1Cl. The average molecular weight is 443 g/mol. The van der Waals surface area contributed by atoms with Crippen molar-refractivity contribution in [3.63, 3.8) is 0 Å². The van der Waals surface area contributed by atoms with Crippen LogP contribution in [0.3, 0.4) is 0 Å². The first-order chi connectivity index (χ1) is 11.9. The molecule has 1 aliphatic heterocycles. The van der Waals surface area contributed by atoms with E-state index in [2.05, 4.69) is 15.9 Å². The lowest BCUT2D eigenvalue weighted by Crippen LogP contribution is -2.28. The highest BCUT2D eigenvalue weighted by Gasteiger charge is 2.36. The van der Waals surface area contributed by atoms with Crippen molar-refractivity contribution in [1.29, 1.82) is 0 Å². The molecule has 0 unspecified atom stereocenters. The number of carbonyl (C=O) groups excluding carboxylic acids is 2. The van der Waals surface area contributed by atoms with Crippen LogP contribution < -0.4 is 0 Å². The number of carbonyl (C=O) groups is 2. The van der Waals surface area contributed by atoms with Crippen LogP contribution in [0.25, 0.3) is 6.08 Å². The minimum absolute atomic E-state index is 0.0212. The van der Waals surface area contributed by atoms with Gasteiger partial charge in [0, 0.05) is 20.6 Å². The number of aromatic hydroxyl groups is 1. The number of thioether (sulfide) groups is 1. The van der Waals surface area contributed by atoms with Gasteiger partial charge in [-0.2, -0.15) is 0 Å². The zero-order valence-electron chi connectivity index (χ0n) is 12.5. The molecule has 128 valence electrons. The van der Waals surface area contributed by atoms with Gasteiger partial charge < -0.3 is 5.11 Å². The molecule has 0 bridgehead atoms. The maximum absolute atomic E-state index is 13.9. The second-order valence-corrected chi connectivity index (χ2v) is 7.49. The first-order valence-corrected chi connectivity index (χ1v) is 9.02. The van der Waals surface area contributed by atoms with Crippen LogP contribution in [0, 0.1) is 5.82 Å². The fourth-order valence-corrected chi connectivity index (χ4v) is 3.69. The highest BCUT2D eigenvalue weighted by atomic mass is 79.9. The Morgan fingerprint density at radius 1 is 1.28 bits per heavy atom. The number of phenols is 1. The number of imide groups is 1. The summed E-state index contributed by atoms with van der Waals surface area (Å²) in [6.07, 6.45) is 1.42. The van der Waals surface area contributed by atoms with Crippen LogP contribution in [0.4, 0.5) is 9.18 Å². The standard InChI is InChI=1S/C17H10BrClFNO3S/c18-10-4-5-14(22)9(6-10)7-15-16(23)21(17(24)25-15)8-11-12(19)2-1-3-13(11)20/h1-7,22H,8H2/b15-7-. The van der Waals surface area contributed by atoms with Crippen molar-refractivity contribution in [1.82, 2.24) is 4.90 Å². The molecule has 4 nitrogen and oxygen atoms in total. The quantitative estimate of drug-likeness (QED) is 0.665. The van der Waals surface area contributed by atoms with E-state index in [0.29, 0.717) is 10.0 Å². The minimum Gasteiger partial charge on any atom is -0.507 e. The summed E-state index contributed by atoms with van der Waals surface area (Å²) >= 11 is 9.97. The number of benzene rings is 2. The van der Waals surface area contributed by atoms with Crippen molar-refractivity contribution in [2.45, 2.75) is 6.54 Å². The van der Waals surface area contributed by atoms with Crippen LogP contribution >= 0.6 is 39.3 Å². The molecule has 1 N–H and O–H groups in total. The summed E-state index contributed by atoms with van der Waals surface area (Å²) in [5.41, 5.74) is 0.474. The van der Waals surface area contributed by atoms with Crippen LogP contribution in [0.15, 0.2) is 45.8 Å².